The summed E-state index contributed by atoms with van der Waals surface area (Å²) in [6, 6.07) is 16.9. The summed E-state index contributed by atoms with van der Waals surface area (Å²) in [5.74, 6) is 0. The molecule has 7 aromatic rings. The third-order valence-corrected chi connectivity index (χ3v) is 12.6. The van der Waals surface area contributed by atoms with Crippen LogP contribution in [0.25, 0.3) is 88.9 Å². The van der Waals surface area contributed by atoms with E-state index in [0.29, 0.717) is 0 Å². The fraction of sp³-hybridized carbons (Fsp3) is 0.231. The first-order valence-electron chi connectivity index (χ1n) is 21.2. The van der Waals surface area contributed by atoms with Crippen LogP contribution in [0.5, 0.6) is 0 Å². The van der Waals surface area contributed by atoms with Crippen molar-refractivity contribution in [3.05, 3.63) is 143 Å². The second-order valence-electron chi connectivity index (χ2n) is 15.6. The second-order valence-corrected chi connectivity index (χ2v) is 15.6. The molecule has 0 fully saturated rings. The fourth-order valence-corrected chi connectivity index (χ4v) is 9.68. The van der Waals surface area contributed by atoms with Gasteiger partial charge in [-0.3, -0.25) is 19.9 Å². The maximum Gasteiger partial charge on any atom is 0.0771 e. The van der Waals surface area contributed by atoms with Gasteiger partial charge in [-0.25, -0.2) is 9.97 Å². The maximum absolute atomic E-state index is 5.80. The summed E-state index contributed by atoms with van der Waals surface area (Å²) in [6.45, 7) is 18.0. The van der Waals surface area contributed by atoms with Crippen molar-refractivity contribution in [1.29, 1.82) is 0 Å². The number of hydrogen-bond donors (Lipinski definition) is 2. The van der Waals surface area contributed by atoms with E-state index in [-0.39, 0.29) is 0 Å². The molecule has 0 aliphatic carbocycles. The van der Waals surface area contributed by atoms with E-state index >= 15 is 0 Å². The highest BCUT2D eigenvalue weighted by Gasteiger charge is 2.30. The smallest absolute Gasteiger partial charge is 0.0771 e. The second kappa shape index (κ2) is 15.8. The molecule has 0 atom stereocenters. The van der Waals surface area contributed by atoms with Crippen molar-refractivity contribution >= 4 is 44.4 Å². The summed E-state index contributed by atoms with van der Waals surface area (Å²) in [7, 11) is 0. The Kier molecular flexibility index (Phi) is 10.2. The van der Waals surface area contributed by atoms with Crippen molar-refractivity contribution in [3.63, 3.8) is 0 Å². The lowest BCUT2D eigenvalue weighted by atomic mass is 9.92. The van der Waals surface area contributed by atoms with Gasteiger partial charge in [0.1, 0.15) is 0 Å². The molecule has 2 aliphatic heterocycles. The van der Waals surface area contributed by atoms with Gasteiger partial charge in [0.2, 0.25) is 0 Å². The number of nitrogens with zero attached hydrogens (tertiary/aromatic N) is 6. The predicted octanol–water partition coefficient (Wildman–Crippen LogP) is 13.0. The summed E-state index contributed by atoms with van der Waals surface area (Å²) in [5, 5.41) is 0. The van der Waals surface area contributed by atoms with Crippen LogP contribution in [0.2, 0.25) is 0 Å². The normalized spacial score (nSPS) is 12.8. The number of pyridine rings is 4. The van der Waals surface area contributed by atoms with E-state index < -0.39 is 0 Å². The summed E-state index contributed by atoms with van der Waals surface area (Å²) >= 11 is 0. The Morgan fingerprint density at radius 1 is 0.367 bits per heavy atom. The highest BCUT2D eigenvalue weighted by molar-refractivity contribution is 6.08. The van der Waals surface area contributed by atoms with Gasteiger partial charge in [-0.1, -0.05) is 27.7 Å². The van der Waals surface area contributed by atoms with Crippen LogP contribution in [0.4, 0.5) is 0 Å². The Labute approximate surface area is 351 Å². The van der Waals surface area contributed by atoms with Gasteiger partial charge >= 0.3 is 0 Å². The SMILES string of the molecule is CCC1=C(C)c2nc1c(-c1ccncc1)c1[nH]c(c(C)c1CC)c(-c1ccncc1)c1nc(c(-c3ccncc3)c3[nH]c(c(C)c3CC)c2-c2ccncc2)C(CC)=C1C. The Morgan fingerprint density at radius 3 is 0.917 bits per heavy atom. The molecule has 2 aliphatic rings. The van der Waals surface area contributed by atoms with Crippen molar-refractivity contribution in [3.8, 4) is 44.5 Å². The van der Waals surface area contributed by atoms with Crippen LogP contribution in [0.15, 0.2) is 98.1 Å². The fourth-order valence-electron chi connectivity index (χ4n) is 9.68. The van der Waals surface area contributed by atoms with E-state index in [2.05, 4.69) is 134 Å². The summed E-state index contributed by atoms with van der Waals surface area (Å²) in [6.07, 6.45) is 18.3. The molecule has 2 N–H and O–H groups in total. The number of rotatable bonds is 8. The lowest BCUT2D eigenvalue weighted by molar-refractivity contribution is 1.14. The van der Waals surface area contributed by atoms with Gasteiger partial charge < -0.3 is 9.97 Å². The molecule has 0 radical (unpaired) electrons. The van der Waals surface area contributed by atoms with Crippen molar-refractivity contribution in [2.45, 2.75) is 81.1 Å². The number of nitrogens with one attached hydrogen (secondary N) is 2. The molecule has 0 amide bonds. The van der Waals surface area contributed by atoms with Crippen molar-refractivity contribution < 1.29 is 0 Å². The van der Waals surface area contributed by atoms with Crippen LogP contribution in [0.1, 0.15) is 99.4 Å². The molecule has 8 nitrogen and oxygen atoms in total. The summed E-state index contributed by atoms with van der Waals surface area (Å²) in [4.78, 5) is 37.6. The molecule has 7 aromatic heterocycles. The largest absolute Gasteiger partial charge is 0.354 e. The molecule has 9 rings (SSSR count). The standard InChI is InChI=1S/C52H50N8/c1-9-37-29(5)45-41(33-13-21-53-22-14-33)46-31(7)39(11-3)51(59-46)44(36-19-27-56-28-20-36)52-40(12-4)32(8)48(60-52)42(34-15-23-54-24-16-34)47-30(6)38(10-2)50(58-47)43(49(37)57-45)35-17-25-55-26-18-35/h13-28,57,60H,9-12H2,1-8H3. The van der Waals surface area contributed by atoms with Gasteiger partial charge in [0.15, 0.2) is 0 Å². The number of aromatic amines is 2. The highest BCUT2D eigenvalue weighted by Crippen LogP contribution is 2.48. The van der Waals surface area contributed by atoms with E-state index in [4.69, 9.17) is 9.97 Å². The minimum Gasteiger partial charge on any atom is -0.354 e. The molecule has 8 heteroatoms. The van der Waals surface area contributed by atoms with E-state index in [0.717, 1.165) is 115 Å². The molecular formula is C52H50N8. The first-order chi connectivity index (χ1) is 29.3. The number of aromatic nitrogens is 8. The molecular weight excluding hydrogens is 737 g/mol. The van der Waals surface area contributed by atoms with Gasteiger partial charge in [0.25, 0.3) is 0 Å². The van der Waals surface area contributed by atoms with Crippen LogP contribution >= 0.6 is 0 Å². The van der Waals surface area contributed by atoms with E-state index in [9.17, 15) is 0 Å². The van der Waals surface area contributed by atoms with Crippen LogP contribution in [0.3, 0.4) is 0 Å². The Hall–Kier alpha value is -6.80. The number of allylic oxidation sites excluding steroid dienone is 4. The molecule has 0 spiro atoms. The maximum atomic E-state index is 5.80. The molecule has 0 saturated carbocycles. The van der Waals surface area contributed by atoms with E-state index in [1.807, 2.05) is 49.6 Å². The monoisotopic (exact) mass is 786 g/mol. The average Bonchev–Trinajstić information content (AvgIpc) is 3.99. The van der Waals surface area contributed by atoms with Gasteiger partial charge in [-0.15, -0.1) is 0 Å². The predicted molar refractivity (Wildman–Crippen MR) is 248 cm³/mol. The lowest BCUT2D eigenvalue weighted by Gasteiger charge is -2.10. The van der Waals surface area contributed by atoms with E-state index in [1.165, 1.54) is 44.5 Å². The Bertz CT molecular complexity index is 2820. The third-order valence-electron chi connectivity index (χ3n) is 12.6. The Morgan fingerprint density at radius 2 is 0.650 bits per heavy atom. The lowest BCUT2D eigenvalue weighted by Crippen LogP contribution is -1.93. The molecule has 0 saturated heterocycles. The first-order valence-corrected chi connectivity index (χ1v) is 21.2. The minimum atomic E-state index is 0.808. The van der Waals surface area contributed by atoms with Gasteiger partial charge in [-0.05, 0) is 169 Å². The van der Waals surface area contributed by atoms with Crippen LogP contribution < -0.4 is 0 Å². The van der Waals surface area contributed by atoms with Crippen LogP contribution in [0, 0.1) is 13.8 Å². The number of aryl methyl sites for hydroxylation is 4. The molecule has 9 heterocycles. The quantitative estimate of drug-likeness (QED) is 0.159. The van der Waals surface area contributed by atoms with E-state index in [1.54, 1.807) is 0 Å². The minimum absolute atomic E-state index is 0.808. The molecule has 60 heavy (non-hydrogen) atoms. The van der Waals surface area contributed by atoms with Crippen LogP contribution in [-0.4, -0.2) is 39.9 Å². The van der Waals surface area contributed by atoms with Crippen molar-refractivity contribution in [2.75, 3.05) is 0 Å². The van der Waals surface area contributed by atoms with Crippen LogP contribution in [-0.2, 0) is 12.8 Å². The van der Waals surface area contributed by atoms with Gasteiger partial charge in [0, 0.05) is 71.8 Å². The van der Waals surface area contributed by atoms with Crippen molar-refractivity contribution in [2.24, 2.45) is 0 Å². The zero-order valence-corrected chi connectivity index (χ0v) is 35.7. The number of hydrogen-bond acceptors (Lipinski definition) is 6. The van der Waals surface area contributed by atoms with Crippen molar-refractivity contribution in [1.82, 2.24) is 39.9 Å². The zero-order chi connectivity index (χ0) is 41.7. The topological polar surface area (TPSA) is 109 Å². The summed E-state index contributed by atoms with van der Waals surface area (Å²) in [5.41, 5.74) is 26.2. The van der Waals surface area contributed by atoms with Gasteiger partial charge in [-0.2, -0.15) is 0 Å². The summed E-state index contributed by atoms with van der Waals surface area (Å²) < 4.78 is 0. The molecule has 0 unspecified atom stereocenters. The molecule has 0 aromatic carbocycles. The zero-order valence-electron chi connectivity index (χ0n) is 35.7. The molecule has 298 valence electrons. The average molecular weight is 787 g/mol. The highest BCUT2D eigenvalue weighted by atomic mass is 14.8. The number of fused-ring (bicyclic) bond motifs is 8. The Balaban J connectivity index is 1.66. The third kappa shape index (κ3) is 6.12. The molecule has 8 bridgehead atoms. The first kappa shape index (κ1) is 38.7. The number of H-pyrrole nitrogens is 2. The van der Waals surface area contributed by atoms with Gasteiger partial charge in [0.05, 0.1) is 44.8 Å².